The number of carbonyl (C=O) groups excluding carboxylic acids is 1. The number of nitrogens with one attached hydrogen (secondary N) is 1. The van der Waals surface area contributed by atoms with Gasteiger partial charge < -0.3 is 11.1 Å². The zero-order chi connectivity index (χ0) is 15.4. The molecule has 0 heterocycles. The van der Waals surface area contributed by atoms with Gasteiger partial charge in [-0.05, 0) is 42.7 Å². The number of hydrogen-bond donors (Lipinski definition) is 2. The van der Waals surface area contributed by atoms with Gasteiger partial charge in [0, 0.05) is 5.69 Å². The number of anilines is 1. The van der Waals surface area contributed by atoms with Gasteiger partial charge in [-0.1, -0.05) is 42.8 Å². The molecule has 0 saturated heterocycles. The van der Waals surface area contributed by atoms with Crippen LogP contribution in [0.2, 0.25) is 5.02 Å². The van der Waals surface area contributed by atoms with Crippen LogP contribution in [0.5, 0.6) is 0 Å². The van der Waals surface area contributed by atoms with Crippen LogP contribution < -0.4 is 11.1 Å². The molecule has 0 aliphatic rings. The fourth-order valence-electron chi connectivity index (χ4n) is 2.12. The van der Waals surface area contributed by atoms with E-state index in [9.17, 15) is 4.79 Å². The minimum atomic E-state index is -0.202. The summed E-state index contributed by atoms with van der Waals surface area (Å²) in [5.41, 5.74) is 8.94. The molecule has 0 bridgehead atoms. The van der Waals surface area contributed by atoms with Crippen molar-refractivity contribution in [3.8, 4) is 0 Å². The van der Waals surface area contributed by atoms with Crippen LogP contribution in [0.25, 0.3) is 0 Å². The molecule has 21 heavy (non-hydrogen) atoms. The number of hydrogen-bond acceptors (Lipinski definition) is 2. The highest BCUT2D eigenvalue weighted by atomic mass is 35.5. The summed E-state index contributed by atoms with van der Waals surface area (Å²) >= 11 is 6.05. The van der Waals surface area contributed by atoms with Gasteiger partial charge in [0.25, 0.3) is 5.91 Å². The number of rotatable bonds is 4. The summed E-state index contributed by atoms with van der Waals surface area (Å²) in [6, 6.07) is 13.0. The maximum Gasteiger partial charge on any atom is 0.253 e. The van der Waals surface area contributed by atoms with Crippen molar-refractivity contribution < 1.29 is 4.79 Å². The Labute approximate surface area is 130 Å². The lowest BCUT2D eigenvalue weighted by atomic mass is 10.0. The summed E-state index contributed by atoms with van der Waals surface area (Å²) in [6.45, 7) is 4.06. The van der Waals surface area contributed by atoms with Gasteiger partial charge >= 0.3 is 0 Å². The van der Waals surface area contributed by atoms with Crippen LogP contribution >= 0.6 is 11.6 Å². The number of nitrogens with two attached hydrogens (primary N) is 1. The molecule has 1 atom stereocenters. The van der Waals surface area contributed by atoms with Crippen molar-refractivity contribution in [2.75, 3.05) is 5.73 Å². The molecule has 4 heteroatoms. The lowest BCUT2D eigenvalue weighted by Crippen LogP contribution is -2.26. The van der Waals surface area contributed by atoms with Crippen LogP contribution in [0.3, 0.4) is 0 Å². The van der Waals surface area contributed by atoms with Crippen molar-refractivity contribution in [3.63, 3.8) is 0 Å². The highest BCUT2D eigenvalue weighted by molar-refractivity contribution is 6.34. The Bertz CT molecular complexity index is 638. The van der Waals surface area contributed by atoms with E-state index in [-0.39, 0.29) is 11.9 Å². The van der Waals surface area contributed by atoms with Crippen molar-refractivity contribution in [2.45, 2.75) is 26.3 Å². The SMILES string of the molecule is CCc1ccc(C(C)NC(=O)c2ccc(N)cc2Cl)cc1. The molecule has 2 aromatic carbocycles. The smallest absolute Gasteiger partial charge is 0.253 e. The Hall–Kier alpha value is -2.00. The standard InChI is InChI=1S/C17H19ClN2O/c1-3-12-4-6-13(7-5-12)11(2)20-17(21)15-9-8-14(19)10-16(15)18/h4-11H,3,19H2,1-2H3,(H,20,21). The van der Waals surface area contributed by atoms with Crippen molar-refractivity contribution in [1.82, 2.24) is 5.32 Å². The normalized spacial score (nSPS) is 12.0. The van der Waals surface area contributed by atoms with Gasteiger partial charge in [-0.2, -0.15) is 0 Å². The zero-order valence-corrected chi connectivity index (χ0v) is 12.9. The predicted octanol–water partition coefficient (Wildman–Crippen LogP) is 3.98. The molecule has 0 aliphatic heterocycles. The summed E-state index contributed by atoms with van der Waals surface area (Å²) in [5, 5.41) is 3.31. The average Bonchev–Trinajstić information content (AvgIpc) is 2.47. The number of benzene rings is 2. The average molecular weight is 303 g/mol. The molecule has 110 valence electrons. The first-order chi connectivity index (χ1) is 10.0. The van der Waals surface area contributed by atoms with Gasteiger partial charge in [0.1, 0.15) is 0 Å². The molecule has 0 aromatic heterocycles. The highest BCUT2D eigenvalue weighted by Crippen LogP contribution is 2.21. The first-order valence-electron chi connectivity index (χ1n) is 6.96. The van der Waals surface area contributed by atoms with Gasteiger partial charge in [-0.15, -0.1) is 0 Å². The Morgan fingerprint density at radius 3 is 2.48 bits per heavy atom. The summed E-state index contributed by atoms with van der Waals surface area (Å²) in [6.07, 6.45) is 1.00. The maximum atomic E-state index is 12.2. The third-order valence-corrected chi connectivity index (χ3v) is 3.79. The van der Waals surface area contributed by atoms with E-state index in [1.54, 1.807) is 18.2 Å². The number of carbonyl (C=O) groups is 1. The van der Waals surface area contributed by atoms with Crippen molar-refractivity contribution in [3.05, 3.63) is 64.2 Å². The number of halogens is 1. The molecule has 3 N–H and O–H groups in total. The van der Waals surface area contributed by atoms with Crippen molar-refractivity contribution in [1.29, 1.82) is 0 Å². The third kappa shape index (κ3) is 3.76. The summed E-state index contributed by atoms with van der Waals surface area (Å²) < 4.78 is 0. The van der Waals surface area contributed by atoms with Crippen LogP contribution in [0, 0.1) is 0 Å². The summed E-state index contributed by atoms with van der Waals surface area (Å²) in [5.74, 6) is -0.202. The monoisotopic (exact) mass is 302 g/mol. The lowest BCUT2D eigenvalue weighted by molar-refractivity contribution is 0.0940. The van der Waals surface area contributed by atoms with Gasteiger partial charge in [0.05, 0.1) is 16.6 Å². The minimum absolute atomic E-state index is 0.0861. The van der Waals surface area contributed by atoms with E-state index in [1.165, 1.54) is 5.56 Å². The van der Waals surface area contributed by atoms with Crippen LogP contribution in [-0.4, -0.2) is 5.91 Å². The van der Waals surface area contributed by atoms with Gasteiger partial charge in [0.15, 0.2) is 0 Å². The van der Waals surface area contributed by atoms with Crippen LogP contribution in [0.4, 0.5) is 5.69 Å². The van der Waals surface area contributed by atoms with E-state index in [0.29, 0.717) is 16.3 Å². The molecule has 0 radical (unpaired) electrons. The quantitative estimate of drug-likeness (QED) is 0.839. The largest absolute Gasteiger partial charge is 0.399 e. The number of nitrogen functional groups attached to an aromatic ring is 1. The molecule has 0 saturated carbocycles. The summed E-state index contributed by atoms with van der Waals surface area (Å²) in [7, 11) is 0. The maximum absolute atomic E-state index is 12.2. The Kier molecular flexibility index (Phi) is 4.86. The van der Waals surface area contributed by atoms with E-state index in [2.05, 4.69) is 24.4 Å². The van der Waals surface area contributed by atoms with Crippen LogP contribution in [-0.2, 0) is 6.42 Å². The Balaban J connectivity index is 2.10. The van der Waals surface area contributed by atoms with E-state index in [4.69, 9.17) is 17.3 Å². The molecule has 1 amide bonds. The zero-order valence-electron chi connectivity index (χ0n) is 12.2. The van der Waals surface area contributed by atoms with E-state index in [1.807, 2.05) is 19.1 Å². The topological polar surface area (TPSA) is 55.1 Å². The molecule has 1 unspecified atom stereocenters. The Morgan fingerprint density at radius 2 is 1.90 bits per heavy atom. The molecular formula is C17H19ClN2O. The van der Waals surface area contributed by atoms with Gasteiger partial charge in [-0.25, -0.2) is 0 Å². The molecule has 0 aliphatic carbocycles. The van der Waals surface area contributed by atoms with Crippen molar-refractivity contribution >= 4 is 23.2 Å². The van der Waals surface area contributed by atoms with Crippen LogP contribution in [0.1, 0.15) is 41.4 Å². The fraction of sp³-hybridized carbons (Fsp3) is 0.235. The van der Waals surface area contributed by atoms with E-state index >= 15 is 0 Å². The second-order valence-electron chi connectivity index (χ2n) is 5.03. The second-order valence-corrected chi connectivity index (χ2v) is 5.44. The molecule has 3 nitrogen and oxygen atoms in total. The third-order valence-electron chi connectivity index (χ3n) is 3.47. The number of amides is 1. The first-order valence-corrected chi connectivity index (χ1v) is 7.33. The first kappa shape index (κ1) is 15.4. The van der Waals surface area contributed by atoms with Gasteiger partial charge in [-0.3, -0.25) is 4.79 Å². The Morgan fingerprint density at radius 1 is 1.24 bits per heavy atom. The molecular weight excluding hydrogens is 284 g/mol. The highest BCUT2D eigenvalue weighted by Gasteiger charge is 2.14. The molecule has 0 spiro atoms. The molecule has 0 fully saturated rings. The van der Waals surface area contributed by atoms with E-state index in [0.717, 1.165) is 12.0 Å². The van der Waals surface area contributed by atoms with Crippen LogP contribution in [0.15, 0.2) is 42.5 Å². The number of aryl methyl sites for hydroxylation is 1. The molecule has 2 aromatic rings. The fourth-order valence-corrected chi connectivity index (χ4v) is 2.39. The van der Waals surface area contributed by atoms with E-state index < -0.39 is 0 Å². The second kappa shape index (κ2) is 6.64. The minimum Gasteiger partial charge on any atom is -0.399 e. The lowest BCUT2D eigenvalue weighted by Gasteiger charge is -2.15. The predicted molar refractivity (Wildman–Crippen MR) is 87.6 cm³/mol. The van der Waals surface area contributed by atoms with Crippen molar-refractivity contribution in [2.24, 2.45) is 0 Å². The summed E-state index contributed by atoms with van der Waals surface area (Å²) in [4.78, 5) is 12.2. The van der Waals surface area contributed by atoms with Gasteiger partial charge in [0.2, 0.25) is 0 Å². The molecule has 2 rings (SSSR count).